The molecule has 1 aliphatic rings. The Hall–Kier alpha value is -3.69. The number of carboxylic acid groups (broad SMARTS) is 1. The van der Waals surface area contributed by atoms with Crippen LogP contribution >= 0.6 is 0 Å². The Bertz CT molecular complexity index is 1160. The lowest BCUT2D eigenvalue weighted by molar-refractivity contribution is -0.137. The topological polar surface area (TPSA) is 115 Å². The van der Waals surface area contributed by atoms with Crippen LogP contribution < -0.4 is 0 Å². The number of halogens is 1. The molecule has 3 rings (SSSR count). The molecule has 32 heavy (non-hydrogen) atoms. The van der Waals surface area contributed by atoms with Crippen LogP contribution in [-0.2, 0) is 14.3 Å². The second-order valence-corrected chi connectivity index (χ2v) is 8.11. The largest absolute Gasteiger partial charge is 0.464 e. The highest BCUT2D eigenvalue weighted by Gasteiger charge is 2.38. The van der Waals surface area contributed by atoms with Crippen LogP contribution in [0.2, 0.25) is 0 Å². The van der Waals surface area contributed by atoms with E-state index in [0.29, 0.717) is 4.57 Å². The maximum atomic E-state index is 14.1. The van der Waals surface area contributed by atoms with Gasteiger partial charge in [0.2, 0.25) is 0 Å². The minimum Gasteiger partial charge on any atom is -0.464 e. The number of benzene rings is 1. The summed E-state index contributed by atoms with van der Waals surface area (Å²) in [5.41, 5.74) is -0.937. The number of hydrogen-bond donors (Lipinski definition) is 1. The van der Waals surface area contributed by atoms with E-state index in [9.17, 15) is 28.7 Å². The van der Waals surface area contributed by atoms with Gasteiger partial charge < -0.3 is 14.6 Å². The van der Waals surface area contributed by atoms with E-state index < -0.39 is 35.5 Å². The number of ether oxygens (including phenoxy) is 2. The normalized spacial score (nSPS) is 15.5. The Kier molecular flexibility index (Phi) is 6.07. The zero-order valence-corrected chi connectivity index (χ0v) is 18.1. The van der Waals surface area contributed by atoms with E-state index in [2.05, 4.69) is 0 Å². The standard InChI is InChI=1S/C22H23FN2O7/c1-5-31-16(26)10-12-8-9-24(21(30)32-22(2,3)4)19(27)18-17(12)14-11-13(23)6-7-15(14)25(18)20(28)29/h6-7,10-11H,5,8-9H2,1-4H3,(H,28,29). The molecular formula is C22H23FN2O7. The number of rotatable bonds is 2. The third kappa shape index (κ3) is 4.34. The number of amides is 2. The predicted molar refractivity (Wildman–Crippen MR) is 112 cm³/mol. The number of esters is 1. The summed E-state index contributed by atoms with van der Waals surface area (Å²) in [7, 11) is 0. The molecule has 0 unspecified atom stereocenters. The molecule has 0 spiro atoms. The molecule has 1 N–H and O–H groups in total. The molecule has 9 nitrogen and oxygen atoms in total. The minimum absolute atomic E-state index is 0.00599. The van der Waals surface area contributed by atoms with Gasteiger partial charge in [0.25, 0.3) is 5.91 Å². The first kappa shape index (κ1) is 23.0. The quantitative estimate of drug-likeness (QED) is 0.547. The first-order valence-electron chi connectivity index (χ1n) is 9.94. The van der Waals surface area contributed by atoms with Crippen molar-refractivity contribution in [3.8, 4) is 0 Å². The molecule has 2 heterocycles. The van der Waals surface area contributed by atoms with Crippen molar-refractivity contribution >= 4 is 40.5 Å². The predicted octanol–water partition coefficient (Wildman–Crippen LogP) is 4.03. The average molecular weight is 446 g/mol. The maximum absolute atomic E-state index is 14.1. The Labute approximate surface area is 183 Å². The number of imide groups is 1. The molecule has 0 fully saturated rings. The molecule has 0 radical (unpaired) electrons. The van der Waals surface area contributed by atoms with E-state index in [1.54, 1.807) is 27.7 Å². The Morgan fingerprint density at radius 3 is 2.53 bits per heavy atom. The van der Waals surface area contributed by atoms with Gasteiger partial charge in [0.05, 0.1) is 12.1 Å². The van der Waals surface area contributed by atoms with E-state index in [1.807, 2.05) is 0 Å². The van der Waals surface area contributed by atoms with Gasteiger partial charge in [-0.15, -0.1) is 0 Å². The highest BCUT2D eigenvalue weighted by atomic mass is 19.1. The lowest BCUT2D eigenvalue weighted by Crippen LogP contribution is -2.41. The van der Waals surface area contributed by atoms with Crippen LogP contribution in [0, 0.1) is 5.82 Å². The molecule has 0 saturated heterocycles. The van der Waals surface area contributed by atoms with Gasteiger partial charge in [-0.05, 0) is 57.9 Å². The van der Waals surface area contributed by atoms with Crippen molar-refractivity contribution in [1.82, 2.24) is 9.47 Å². The van der Waals surface area contributed by atoms with E-state index in [0.717, 1.165) is 23.1 Å². The van der Waals surface area contributed by atoms with Crippen molar-refractivity contribution in [3.63, 3.8) is 0 Å². The minimum atomic E-state index is -1.50. The molecule has 1 aromatic heterocycles. The first-order chi connectivity index (χ1) is 14.9. The highest BCUT2D eigenvalue weighted by Crippen LogP contribution is 2.37. The van der Waals surface area contributed by atoms with Crippen molar-refractivity contribution in [2.24, 2.45) is 0 Å². The zero-order valence-electron chi connectivity index (χ0n) is 18.1. The summed E-state index contributed by atoms with van der Waals surface area (Å²) in [5, 5.41) is 9.96. The molecule has 1 aliphatic heterocycles. The molecule has 1 aromatic carbocycles. The van der Waals surface area contributed by atoms with Crippen LogP contribution in [0.5, 0.6) is 0 Å². The Morgan fingerprint density at radius 2 is 1.94 bits per heavy atom. The summed E-state index contributed by atoms with van der Waals surface area (Å²) in [4.78, 5) is 51.2. The number of nitrogens with zero attached hydrogens (tertiary/aromatic N) is 2. The van der Waals surface area contributed by atoms with E-state index in [-0.39, 0.29) is 47.3 Å². The summed E-state index contributed by atoms with van der Waals surface area (Å²) in [5.74, 6) is -2.29. The zero-order chi connectivity index (χ0) is 23.8. The van der Waals surface area contributed by atoms with Gasteiger partial charge in [-0.2, -0.15) is 0 Å². The van der Waals surface area contributed by atoms with Gasteiger partial charge in [0, 0.05) is 23.6 Å². The lowest BCUT2D eigenvalue weighted by atomic mass is 9.99. The maximum Gasteiger partial charge on any atom is 0.417 e. The van der Waals surface area contributed by atoms with Crippen molar-refractivity contribution < 1.29 is 38.1 Å². The smallest absolute Gasteiger partial charge is 0.417 e. The number of hydrogen-bond acceptors (Lipinski definition) is 6. The van der Waals surface area contributed by atoms with Gasteiger partial charge in [0.15, 0.2) is 0 Å². The summed E-state index contributed by atoms with van der Waals surface area (Å²) in [6.45, 7) is 6.42. The molecule has 0 bridgehead atoms. The van der Waals surface area contributed by atoms with E-state index >= 15 is 0 Å². The summed E-state index contributed by atoms with van der Waals surface area (Å²) >= 11 is 0. The van der Waals surface area contributed by atoms with E-state index in [4.69, 9.17) is 9.47 Å². The third-order valence-electron chi connectivity index (χ3n) is 4.69. The van der Waals surface area contributed by atoms with Crippen molar-refractivity contribution in [1.29, 1.82) is 0 Å². The van der Waals surface area contributed by atoms with Gasteiger partial charge in [-0.25, -0.2) is 28.2 Å². The van der Waals surface area contributed by atoms with Gasteiger partial charge in [-0.3, -0.25) is 4.79 Å². The van der Waals surface area contributed by atoms with Crippen LogP contribution in [0.25, 0.3) is 16.5 Å². The molecular weight excluding hydrogens is 423 g/mol. The van der Waals surface area contributed by atoms with Gasteiger partial charge in [0.1, 0.15) is 17.1 Å². The summed E-state index contributed by atoms with van der Waals surface area (Å²) < 4.78 is 25.0. The van der Waals surface area contributed by atoms with Crippen molar-refractivity contribution in [3.05, 3.63) is 41.3 Å². The summed E-state index contributed by atoms with van der Waals surface area (Å²) in [6, 6.07) is 3.37. The van der Waals surface area contributed by atoms with Crippen molar-refractivity contribution in [2.45, 2.75) is 39.7 Å². The molecule has 0 atom stereocenters. The van der Waals surface area contributed by atoms with Crippen LogP contribution in [0.1, 0.15) is 50.2 Å². The van der Waals surface area contributed by atoms with Crippen molar-refractivity contribution in [2.75, 3.05) is 13.2 Å². The van der Waals surface area contributed by atoms with Crippen LogP contribution in [0.4, 0.5) is 14.0 Å². The molecule has 10 heteroatoms. The van der Waals surface area contributed by atoms with Gasteiger partial charge >= 0.3 is 18.2 Å². The molecule has 0 saturated carbocycles. The monoisotopic (exact) mass is 446 g/mol. The second-order valence-electron chi connectivity index (χ2n) is 8.11. The molecule has 2 amide bonds. The SMILES string of the molecule is CCOC(=O)C=C1CCN(C(=O)OC(C)(C)C)C(=O)c2c1c1cc(F)ccc1n2C(=O)O. The number of fused-ring (bicyclic) bond motifs is 3. The fourth-order valence-electron chi connectivity index (χ4n) is 3.54. The lowest BCUT2D eigenvalue weighted by Gasteiger charge is -2.25. The van der Waals surface area contributed by atoms with Crippen LogP contribution in [0.15, 0.2) is 24.3 Å². The number of aromatic nitrogens is 1. The number of carbonyl (C=O) groups is 4. The number of carbonyl (C=O) groups excluding carboxylic acids is 3. The summed E-state index contributed by atoms with van der Waals surface area (Å²) in [6.07, 6.45) is -1.33. The first-order valence-corrected chi connectivity index (χ1v) is 9.94. The van der Waals surface area contributed by atoms with E-state index in [1.165, 1.54) is 6.07 Å². The third-order valence-corrected chi connectivity index (χ3v) is 4.69. The molecule has 0 aliphatic carbocycles. The second kappa shape index (κ2) is 8.45. The Morgan fingerprint density at radius 1 is 1.25 bits per heavy atom. The van der Waals surface area contributed by atoms with Crippen LogP contribution in [-0.4, -0.2) is 57.4 Å². The Balaban J connectivity index is 2.31. The molecule has 2 aromatic rings. The highest BCUT2D eigenvalue weighted by molar-refractivity contribution is 6.15. The van der Waals surface area contributed by atoms with Gasteiger partial charge in [-0.1, -0.05) is 0 Å². The van der Waals surface area contributed by atoms with Crippen LogP contribution in [0.3, 0.4) is 0 Å². The fourth-order valence-corrected chi connectivity index (χ4v) is 3.54. The fraction of sp³-hybridized carbons (Fsp3) is 0.364. The average Bonchev–Trinajstić information content (AvgIpc) is 2.93. The molecule has 170 valence electrons.